The zero-order valence-electron chi connectivity index (χ0n) is 7.48. The number of hydrogen-bond donors (Lipinski definition) is 0. The molecule has 0 spiro atoms. The first-order valence-corrected chi connectivity index (χ1v) is 6.15. The molecule has 0 aliphatic carbocycles. The number of halogens is 1. The third-order valence-electron chi connectivity index (χ3n) is 1.65. The largest absolute Gasteiger partial charge is 0.0885 e. The molecule has 0 unspecified atom stereocenters. The fraction of sp³-hybridized carbons (Fsp3) is 0.800. The predicted molar refractivity (Wildman–Crippen MR) is 61.4 cm³/mol. The van der Waals surface area contributed by atoms with Crippen molar-refractivity contribution in [1.82, 2.24) is 0 Å². The van der Waals surface area contributed by atoms with Crippen LogP contribution in [0.5, 0.6) is 0 Å². The van der Waals surface area contributed by atoms with Crippen LogP contribution in [0.2, 0.25) is 0 Å². The van der Waals surface area contributed by atoms with Gasteiger partial charge in [-0.1, -0.05) is 54.5 Å². The Labute approximate surface area is 84.6 Å². The normalized spacial score (nSPS) is 11.1. The summed E-state index contributed by atoms with van der Waals surface area (Å²) in [5.74, 6) is 0. The molecule has 0 amide bonds. The first-order valence-electron chi connectivity index (χ1n) is 4.62. The average molecular weight is 266 g/mol. The molecular weight excluding hydrogens is 247 g/mol. The van der Waals surface area contributed by atoms with E-state index in [1.807, 2.05) is 0 Å². The molecule has 0 aliphatic heterocycles. The second-order valence-corrected chi connectivity index (χ2v) is 3.88. The minimum absolute atomic E-state index is 1.27. The summed E-state index contributed by atoms with van der Waals surface area (Å²) < 4.78 is 1.29. The van der Waals surface area contributed by atoms with Crippen molar-refractivity contribution in [3.8, 4) is 0 Å². The van der Waals surface area contributed by atoms with Gasteiger partial charge in [-0.2, -0.15) is 0 Å². The average Bonchev–Trinajstić information content (AvgIpc) is 2.03. The van der Waals surface area contributed by atoms with Gasteiger partial charge in [-0.3, -0.25) is 0 Å². The monoisotopic (exact) mass is 266 g/mol. The zero-order chi connectivity index (χ0) is 8.36. The molecular formula is C10H19I. The van der Waals surface area contributed by atoms with Crippen LogP contribution in [0.25, 0.3) is 0 Å². The van der Waals surface area contributed by atoms with Gasteiger partial charge in [0.1, 0.15) is 0 Å². The summed E-state index contributed by atoms with van der Waals surface area (Å²) in [7, 11) is 0. The van der Waals surface area contributed by atoms with E-state index in [0.29, 0.717) is 0 Å². The minimum Gasteiger partial charge on any atom is -0.0885 e. The highest BCUT2D eigenvalue weighted by Crippen LogP contribution is 2.01. The highest BCUT2D eigenvalue weighted by molar-refractivity contribution is 14.1. The van der Waals surface area contributed by atoms with Gasteiger partial charge >= 0.3 is 0 Å². The molecule has 0 heterocycles. The Balaban J connectivity index is 2.91. The molecule has 0 saturated heterocycles. The Morgan fingerprint density at radius 3 is 2.18 bits per heavy atom. The smallest absolute Gasteiger partial charge is 0.000178 e. The summed E-state index contributed by atoms with van der Waals surface area (Å²) in [4.78, 5) is 0. The summed E-state index contributed by atoms with van der Waals surface area (Å²) in [6.07, 6.45) is 12.7. The van der Waals surface area contributed by atoms with Crippen molar-refractivity contribution in [3.05, 3.63) is 12.2 Å². The standard InChI is InChI=1S/C10H19I/c1-2-3-4-5-6-7-8-9-10-11/h6-7H,2-5,8-10H2,1H3/b7-6+. The maximum absolute atomic E-state index is 2.43. The molecule has 0 aromatic carbocycles. The summed E-state index contributed by atoms with van der Waals surface area (Å²) >= 11 is 2.43. The lowest BCUT2D eigenvalue weighted by Crippen LogP contribution is -1.72. The van der Waals surface area contributed by atoms with E-state index >= 15 is 0 Å². The molecule has 11 heavy (non-hydrogen) atoms. The third kappa shape index (κ3) is 10.5. The maximum atomic E-state index is 2.43. The van der Waals surface area contributed by atoms with E-state index < -0.39 is 0 Å². The van der Waals surface area contributed by atoms with Gasteiger partial charge in [0.2, 0.25) is 0 Å². The van der Waals surface area contributed by atoms with Crippen LogP contribution in [0.4, 0.5) is 0 Å². The Morgan fingerprint density at radius 1 is 1.00 bits per heavy atom. The topological polar surface area (TPSA) is 0 Å². The predicted octanol–water partition coefficient (Wildman–Crippen LogP) is 4.34. The molecule has 66 valence electrons. The van der Waals surface area contributed by atoms with Crippen molar-refractivity contribution in [2.75, 3.05) is 4.43 Å². The zero-order valence-corrected chi connectivity index (χ0v) is 9.64. The summed E-state index contributed by atoms with van der Waals surface area (Å²) in [5.41, 5.74) is 0. The molecule has 0 radical (unpaired) electrons. The molecule has 0 nitrogen and oxygen atoms in total. The molecule has 0 rings (SSSR count). The molecule has 0 N–H and O–H groups in total. The lowest BCUT2D eigenvalue weighted by molar-refractivity contribution is 0.727. The number of unbranched alkanes of at least 4 members (excludes halogenated alkanes) is 4. The van der Waals surface area contributed by atoms with Crippen molar-refractivity contribution in [1.29, 1.82) is 0 Å². The van der Waals surface area contributed by atoms with Crippen LogP contribution in [-0.4, -0.2) is 4.43 Å². The van der Waals surface area contributed by atoms with Crippen molar-refractivity contribution >= 4 is 22.6 Å². The number of allylic oxidation sites excluding steroid dienone is 2. The molecule has 0 aromatic heterocycles. The second kappa shape index (κ2) is 10.5. The van der Waals surface area contributed by atoms with Crippen LogP contribution in [0.1, 0.15) is 45.4 Å². The first kappa shape index (κ1) is 11.5. The van der Waals surface area contributed by atoms with Crippen molar-refractivity contribution in [3.63, 3.8) is 0 Å². The Kier molecular flexibility index (Phi) is 10.9. The molecule has 0 aromatic rings. The Bertz CT molecular complexity index is 86.9. The SMILES string of the molecule is CCCCC/C=C/CCCI. The van der Waals surface area contributed by atoms with Crippen LogP contribution in [0.15, 0.2) is 12.2 Å². The van der Waals surface area contributed by atoms with E-state index in [1.165, 1.54) is 43.0 Å². The van der Waals surface area contributed by atoms with Gasteiger partial charge in [0.15, 0.2) is 0 Å². The van der Waals surface area contributed by atoms with Crippen LogP contribution >= 0.6 is 22.6 Å². The van der Waals surface area contributed by atoms with E-state index in [1.54, 1.807) is 0 Å². The van der Waals surface area contributed by atoms with E-state index in [0.717, 1.165) is 0 Å². The van der Waals surface area contributed by atoms with Crippen molar-refractivity contribution in [2.45, 2.75) is 45.4 Å². The van der Waals surface area contributed by atoms with Crippen LogP contribution in [0, 0.1) is 0 Å². The molecule has 0 bridgehead atoms. The lowest BCUT2D eigenvalue weighted by Gasteiger charge is -1.91. The van der Waals surface area contributed by atoms with Gasteiger partial charge < -0.3 is 0 Å². The second-order valence-electron chi connectivity index (χ2n) is 2.80. The van der Waals surface area contributed by atoms with E-state index in [-0.39, 0.29) is 0 Å². The van der Waals surface area contributed by atoms with Gasteiger partial charge in [0.05, 0.1) is 0 Å². The fourth-order valence-corrected chi connectivity index (χ4v) is 1.38. The molecule has 0 saturated carbocycles. The van der Waals surface area contributed by atoms with Crippen molar-refractivity contribution in [2.24, 2.45) is 0 Å². The van der Waals surface area contributed by atoms with Gasteiger partial charge in [-0.15, -0.1) is 0 Å². The van der Waals surface area contributed by atoms with Gasteiger partial charge in [0.25, 0.3) is 0 Å². The third-order valence-corrected chi connectivity index (χ3v) is 2.41. The minimum atomic E-state index is 1.27. The maximum Gasteiger partial charge on any atom is -0.000178 e. The lowest BCUT2D eigenvalue weighted by atomic mass is 10.2. The molecule has 0 fully saturated rings. The summed E-state index contributed by atoms with van der Waals surface area (Å²) in [6.45, 7) is 2.25. The van der Waals surface area contributed by atoms with E-state index in [2.05, 4.69) is 41.7 Å². The molecule has 1 heteroatoms. The van der Waals surface area contributed by atoms with Crippen LogP contribution in [0.3, 0.4) is 0 Å². The number of rotatable bonds is 7. The van der Waals surface area contributed by atoms with Gasteiger partial charge in [-0.25, -0.2) is 0 Å². The first-order chi connectivity index (χ1) is 5.41. The van der Waals surface area contributed by atoms with Crippen LogP contribution < -0.4 is 0 Å². The van der Waals surface area contributed by atoms with Gasteiger partial charge in [0, 0.05) is 0 Å². The summed E-state index contributed by atoms with van der Waals surface area (Å²) in [5, 5.41) is 0. The van der Waals surface area contributed by atoms with Gasteiger partial charge in [-0.05, 0) is 30.1 Å². The molecule has 0 atom stereocenters. The highest BCUT2D eigenvalue weighted by Gasteiger charge is 1.81. The van der Waals surface area contributed by atoms with E-state index in [9.17, 15) is 0 Å². The molecule has 0 aliphatic rings. The quantitative estimate of drug-likeness (QED) is 0.278. The van der Waals surface area contributed by atoms with E-state index in [4.69, 9.17) is 0 Å². The van der Waals surface area contributed by atoms with Crippen LogP contribution in [-0.2, 0) is 0 Å². The highest BCUT2D eigenvalue weighted by atomic mass is 127. The number of hydrogen-bond acceptors (Lipinski definition) is 0. The Morgan fingerprint density at radius 2 is 1.64 bits per heavy atom. The summed E-state index contributed by atoms with van der Waals surface area (Å²) in [6, 6.07) is 0. The number of alkyl halides is 1. The fourth-order valence-electron chi connectivity index (χ4n) is 0.943. The van der Waals surface area contributed by atoms with Crippen molar-refractivity contribution < 1.29 is 0 Å². The Hall–Kier alpha value is 0.470.